The molecular formula is C20H28IN3O2. The van der Waals surface area contributed by atoms with Crippen LogP contribution in [-0.4, -0.2) is 26.2 Å². The minimum atomic E-state index is 0. The Labute approximate surface area is 172 Å². The Balaban J connectivity index is 0.00000243. The molecule has 1 aromatic heterocycles. The highest BCUT2D eigenvalue weighted by Crippen LogP contribution is 2.27. The van der Waals surface area contributed by atoms with E-state index in [4.69, 9.17) is 9.15 Å². The van der Waals surface area contributed by atoms with Gasteiger partial charge >= 0.3 is 0 Å². The van der Waals surface area contributed by atoms with Crippen molar-refractivity contribution in [1.82, 2.24) is 10.6 Å². The average Bonchev–Trinajstić information content (AvgIpc) is 3.19. The lowest BCUT2D eigenvalue weighted by Gasteiger charge is -2.28. The van der Waals surface area contributed by atoms with Gasteiger partial charge in [0.1, 0.15) is 5.76 Å². The Morgan fingerprint density at radius 1 is 1.15 bits per heavy atom. The van der Waals surface area contributed by atoms with Crippen molar-refractivity contribution in [2.24, 2.45) is 10.9 Å². The Morgan fingerprint density at radius 3 is 2.58 bits per heavy atom. The third kappa shape index (κ3) is 6.32. The first-order valence-electron chi connectivity index (χ1n) is 8.97. The van der Waals surface area contributed by atoms with Crippen LogP contribution in [0.25, 0.3) is 0 Å². The molecule has 142 valence electrons. The second kappa shape index (κ2) is 11.2. The number of hydrogen-bond donors (Lipinski definition) is 2. The lowest BCUT2D eigenvalue weighted by Crippen LogP contribution is -2.40. The summed E-state index contributed by atoms with van der Waals surface area (Å²) in [5.74, 6) is 2.36. The maximum atomic E-state index is 5.50. The Bertz CT molecular complexity index is 640. The molecule has 0 saturated carbocycles. The van der Waals surface area contributed by atoms with E-state index in [1.54, 1.807) is 13.3 Å². The maximum absolute atomic E-state index is 5.50. The molecule has 1 aromatic carbocycles. The van der Waals surface area contributed by atoms with Crippen LogP contribution in [-0.2, 0) is 11.3 Å². The average molecular weight is 469 g/mol. The summed E-state index contributed by atoms with van der Waals surface area (Å²) >= 11 is 0. The molecule has 1 aliphatic rings. The van der Waals surface area contributed by atoms with Crippen LogP contribution in [0.4, 0.5) is 0 Å². The molecule has 0 amide bonds. The zero-order valence-electron chi connectivity index (χ0n) is 15.2. The number of benzene rings is 1. The molecule has 6 heteroatoms. The van der Waals surface area contributed by atoms with E-state index < -0.39 is 0 Å². The third-order valence-electron chi connectivity index (χ3n) is 4.66. The van der Waals surface area contributed by atoms with Crippen LogP contribution in [0.2, 0.25) is 0 Å². The summed E-state index contributed by atoms with van der Waals surface area (Å²) in [6.07, 6.45) is 5.02. The fourth-order valence-electron chi connectivity index (χ4n) is 3.22. The normalized spacial score (nSPS) is 16.6. The quantitative estimate of drug-likeness (QED) is 0.380. The number of hydrogen-bond acceptors (Lipinski definition) is 3. The van der Waals surface area contributed by atoms with Gasteiger partial charge < -0.3 is 19.8 Å². The topological polar surface area (TPSA) is 58.8 Å². The van der Waals surface area contributed by atoms with E-state index in [9.17, 15) is 0 Å². The molecule has 1 unspecified atom stereocenters. The molecule has 3 rings (SSSR count). The fourth-order valence-corrected chi connectivity index (χ4v) is 3.22. The summed E-state index contributed by atoms with van der Waals surface area (Å²) < 4.78 is 10.9. The van der Waals surface area contributed by atoms with Gasteiger partial charge in [0, 0.05) is 20.3 Å². The summed E-state index contributed by atoms with van der Waals surface area (Å²) in [7, 11) is 1.80. The van der Waals surface area contributed by atoms with E-state index in [2.05, 4.69) is 46.0 Å². The van der Waals surface area contributed by atoms with E-state index in [1.807, 2.05) is 12.1 Å². The van der Waals surface area contributed by atoms with E-state index in [-0.39, 0.29) is 30.0 Å². The van der Waals surface area contributed by atoms with E-state index in [0.29, 0.717) is 12.5 Å². The predicted octanol–water partition coefficient (Wildman–Crippen LogP) is 4.12. The first-order valence-corrected chi connectivity index (χ1v) is 8.97. The Hall–Kier alpha value is -1.54. The Morgan fingerprint density at radius 2 is 1.92 bits per heavy atom. The number of guanidine groups is 1. The number of ether oxygens (including phenoxy) is 1. The van der Waals surface area contributed by atoms with Gasteiger partial charge in [-0.2, -0.15) is 0 Å². The highest BCUT2D eigenvalue weighted by atomic mass is 127. The van der Waals surface area contributed by atoms with Crippen LogP contribution in [0, 0.1) is 5.92 Å². The highest BCUT2D eigenvalue weighted by molar-refractivity contribution is 14.0. The minimum absolute atomic E-state index is 0. The van der Waals surface area contributed by atoms with Crippen molar-refractivity contribution in [3.05, 3.63) is 60.1 Å². The van der Waals surface area contributed by atoms with Crippen molar-refractivity contribution < 1.29 is 9.15 Å². The third-order valence-corrected chi connectivity index (χ3v) is 4.66. The molecule has 2 aromatic rings. The second-order valence-electron chi connectivity index (χ2n) is 6.40. The lowest BCUT2D eigenvalue weighted by atomic mass is 9.89. The molecular weight excluding hydrogens is 441 g/mol. The first-order chi connectivity index (χ1) is 12.3. The monoisotopic (exact) mass is 469 g/mol. The number of nitrogens with one attached hydrogen (secondary N) is 2. The summed E-state index contributed by atoms with van der Waals surface area (Å²) in [5.41, 5.74) is 1.29. The largest absolute Gasteiger partial charge is 0.467 e. The molecule has 1 saturated heterocycles. The van der Waals surface area contributed by atoms with Gasteiger partial charge in [-0.15, -0.1) is 24.0 Å². The Kier molecular flexibility index (Phi) is 8.97. The maximum Gasteiger partial charge on any atom is 0.191 e. The highest BCUT2D eigenvalue weighted by Gasteiger charge is 2.21. The summed E-state index contributed by atoms with van der Waals surface area (Å²) in [6.45, 7) is 2.36. The van der Waals surface area contributed by atoms with Gasteiger partial charge in [0.15, 0.2) is 5.96 Å². The second-order valence-corrected chi connectivity index (χ2v) is 6.40. The van der Waals surface area contributed by atoms with E-state index >= 15 is 0 Å². The van der Waals surface area contributed by atoms with Gasteiger partial charge in [0.25, 0.3) is 0 Å². The number of halogens is 1. The lowest BCUT2D eigenvalue weighted by molar-refractivity contribution is 0.0611. The van der Waals surface area contributed by atoms with Crippen molar-refractivity contribution in [3.63, 3.8) is 0 Å². The van der Waals surface area contributed by atoms with Crippen LogP contribution in [0.1, 0.15) is 36.6 Å². The first kappa shape index (κ1) is 20.8. The van der Waals surface area contributed by atoms with Crippen LogP contribution < -0.4 is 10.6 Å². The zero-order valence-corrected chi connectivity index (χ0v) is 17.5. The van der Waals surface area contributed by atoms with Crippen molar-refractivity contribution in [1.29, 1.82) is 0 Å². The summed E-state index contributed by atoms with van der Waals surface area (Å²) in [5, 5.41) is 6.92. The molecule has 26 heavy (non-hydrogen) atoms. The predicted molar refractivity (Wildman–Crippen MR) is 115 cm³/mol. The van der Waals surface area contributed by atoms with Crippen molar-refractivity contribution in [2.45, 2.75) is 31.8 Å². The molecule has 2 heterocycles. The van der Waals surface area contributed by atoms with E-state index in [1.165, 1.54) is 5.56 Å². The van der Waals surface area contributed by atoms with Crippen molar-refractivity contribution in [3.8, 4) is 0 Å². The zero-order chi connectivity index (χ0) is 17.3. The van der Waals surface area contributed by atoms with Crippen LogP contribution in [0.5, 0.6) is 0 Å². The van der Waals surface area contributed by atoms with Crippen molar-refractivity contribution in [2.75, 3.05) is 20.3 Å². The van der Waals surface area contributed by atoms with Crippen LogP contribution in [0.3, 0.4) is 0 Å². The van der Waals surface area contributed by atoms with Gasteiger partial charge in [-0.25, -0.2) is 0 Å². The van der Waals surface area contributed by atoms with Gasteiger partial charge in [-0.05, 0) is 42.9 Å². The summed E-state index contributed by atoms with van der Waals surface area (Å²) in [4.78, 5) is 4.37. The molecule has 0 aliphatic carbocycles. The fraction of sp³-hybridized carbons (Fsp3) is 0.450. The molecule has 2 N–H and O–H groups in total. The molecule has 1 atom stereocenters. The van der Waals surface area contributed by atoms with Gasteiger partial charge in [0.05, 0.1) is 18.8 Å². The molecule has 1 aliphatic heterocycles. The standard InChI is InChI=1S/C20H27N3O2.HI/c1-21-20(22-15-18-8-5-11-25-18)23-19(17-6-3-2-4-7-17)14-16-9-12-24-13-10-16;/h2-8,11,16,19H,9-10,12-15H2,1H3,(H2,21,22,23);1H. The van der Waals surface area contributed by atoms with Gasteiger partial charge in [-0.3, -0.25) is 4.99 Å². The van der Waals surface area contributed by atoms with E-state index in [0.717, 1.165) is 44.2 Å². The molecule has 0 spiro atoms. The van der Waals surface area contributed by atoms with Crippen molar-refractivity contribution >= 4 is 29.9 Å². The smallest absolute Gasteiger partial charge is 0.191 e. The van der Waals surface area contributed by atoms with Crippen LogP contribution >= 0.6 is 24.0 Å². The minimum Gasteiger partial charge on any atom is -0.467 e. The molecule has 5 nitrogen and oxygen atoms in total. The number of aliphatic imine (C=N–C) groups is 1. The molecule has 0 bridgehead atoms. The van der Waals surface area contributed by atoms with Gasteiger partial charge in [0.2, 0.25) is 0 Å². The molecule has 1 fully saturated rings. The van der Waals surface area contributed by atoms with Gasteiger partial charge in [-0.1, -0.05) is 30.3 Å². The number of furan rings is 1. The number of nitrogens with zero attached hydrogens (tertiary/aromatic N) is 1. The summed E-state index contributed by atoms with van der Waals surface area (Å²) in [6, 6.07) is 14.7. The number of rotatable bonds is 6. The molecule has 0 radical (unpaired) electrons. The SMILES string of the molecule is CN=C(NCc1ccco1)NC(CC1CCOCC1)c1ccccc1.I. The van der Waals surface area contributed by atoms with Crippen LogP contribution in [0.15, 0.2) is 58.1 Å².